The van der Waals surface area contributed by atoms with Gasteiger partial charge in [0.05, 0.1) is 5.75 Å². The molecule has 0 unspecified atom stereocenters. The highest BCUT2D eigenvalue weighted by Crippen LogP contribution is 2.34. The molecule has 0 fully saturated rings. The number of carbonyl (C=O) groups excluding carboxylic acids is 1. The van der Waals surface area contributed by atoms with E-state index in [0.717, 1.165) is 40.8 Å². The van der Waals surface area contributed by atoms with Crippen molar-refractivity contribution < 1.29 is 4.79 Å². The van der Waals surface area contributed by atoms with Crippen molar-refractivity contribution in [1.82, 2.24) is 14.8 Å². The van der Waals surface area contributed by atoms with Crippen molar-refractivity contribution in [1.29, 1.82) is 0 Å². The van der Waals surface area contributed by atoms with Crippen LogP contribution < -0.4 is 4.90 Å². The first-order chi connectivity index (χ1) is 17.5. The summed E-state index contributed by atoms with van der Waals surface area (Å²) in [6, 6.07) is 25.3. The van der Waals surface area contributed by atoms with E-state index in [1.54, 1.807) is 0 Å². The van der Waals surface area contributed by atoms with Crippen LogP contribution in [-0.4, -0.2) is 32.5 Å². The molecule has 4 aromatic rings. The van der Waals surface area contributed by atoms with Gasteiger partial charge in [0.2, 0.25) is 5.91 Å². The number of fused-ring (bicyclic) bond motifs is 1. The molecule has 1 aliphatic heterocycles. The third-order valence-corrected chi connectivity index (χ3v) is 7.67. The Labute approximate surface area is 217 Å². The molecule has 0 saturated carbocycles. The molecule has 184 valence electrons. The zero-order valence-electron chi connectivity index (χ0n) is 21.1. The van der Waals surface area contributed by atoms with Crippen LogP contribution in [0.1, 0.15) is 43.4 Å². The highest BCUT2D eigenvalue weighted by molar-refractivity contribution is 7.99. The number of amides is 1. The summed E-state index contributed by atoms with van der Waals surface area (Å²) in [5.41, 5.74) is 6.80. The molecule has 0 saturated heterocycles. The van der Waals surface area contributed by atoms with E-state index in [-0.39, 0.29) is 11.9 Å². The lowest BCUT2D eigenvalue weighted by Gasteiger charge is -2.22. The molecule has 6 heteroatoms. The van der Waals surface area contributed by atoms with Gasteiger partial charge in [-0.2, -0.15) is 0 Å². The third-order valence-electron chi connectivity index (χ3n) is 6.76. The molecule has 5 rings (SSSR count). The zero-order valence-corrected chi connectivity index (χ0v) is 22.0. The number of nitrogens with zero attached hydrogens (tertiary/aromatic N) is 4. The molecule has 36 heavy (non-hydrogen) atoms. The van der Waals surface area contributed by atoms with Gasteiger partial charge in [0.25, 0.3) is 0 Å². The SMILES string of the molecule is CCCCc1ccc(-n2c(SCC(=O)N3c4ccccc4C[C@H]3C)nnc2-c2ccc(C)cc2)cc1. The second-order valence-electron chi connectivity index (χ2n) is 9.51. The van der Waals surface area contributed by atoms with Crippen molar-refractivity contribution in [3.8, 4) is 17.1 Å². The maximum atomic E-state index is 13.3. The molecule has 1 amide bonds. The number of benzene rings is 3. The van der Waals surface area contributed by atoms with Crippen LogP contribution in [0.4, 0.5) is 5.69 Å². The Hall–Kier alpha value is -3.38. The first kappa shape index (κ1) is 24.3. The van der Waals surface area contributed by atoms with Crippen LogP contribution >= 0.6 is 11.8 Å². The summed E-state index contributed by atoms with van der Waals surface area (Å²) >= 11 is 1.45. The van der Waals surface area contributed by atoms with Crippen LogP contribution in [0.15, 0.2) is 78.0 Å². The molecule has 0 aliphatic carbocycles. The number of hydrogen-bond acceptors (Lipinski definition) is 4. The third kappa shape index (κ3) is 4.96. The molecule has 5 nitrogen and oxygen atoms in total. The number of anilines is 1. The van der Waals surface area contributed by atoms with Gasteiger partial charge in [-0.3, -0.25) is 9.36 Å². The fourth-order valence-corrected chi connectivity index (χ4v) is 5.63. The fourth-order valence-electron chi connectivity index (χ4n) is 4.82. The Morgan fingerprint density at radius 3 is 2.50 bits per heavy atom. The summed E-state index contributed by atoms with van der Waals surface area (Å²) in [7, 11) is 0. The minimum atomic E-state index is 0.0961. The minimum absolute atomic E-state index is 0.0961. The molecule has 3 aromatic carbocycles. The number of aryl methyl sites for hydroxylation is 2. The monoisotopic (exact) mass is 496 g/mol. The van der Waals surface area contributed by atoms with E-state index in [1.807, 2.05) is 23.1 Å². The van der Waals surface area contributed by atoms with E-state index < -0.39 is 0 Å². The first-order valence-corrected chi connectivity index (χ1v) is 13.7. The number of hydrogen-bond donors (Lipinski definition) is 0. The molecule has 0 radical (unpaired) electrons. The smallest absolute Gasteiger partial charge is 0.237 e. The largest absolute Gasteiger partial charge is 0.308 e. The molecule has 1 aromatic heterocycles. The van der Waals surface area contributed by atoms with E-state index in [0.29, 0.717) is 5.75 Å². The Morgan fingerprint density at radius 1 is 1.00 bits per heavy atom. The predicted octanol–water partition coefficient (Wildman–Crippen LogP) is 6.66. The summed E-state index contributed by atoms with van der Waals surface area (Å²) in [6.45, 7) is 6.40. The Morgan fingerprint density at radius 2 is 1.75 bits per heavy atom. The number of para-hydroxylation sites is 1. The van der Waals surface area contributed by atoms with Crippen molar-refractivity contribution in [2.75, 3.05) is 10.7 Å². The lowest BCUT2D eigenvalue weighted by molar-refractivity contribution is -0.116. The van der Waals surface area contributed by atoms with Gasteiger partial charge in [0.15, 0.2) is 11.0 Å². The Kier molecular flexibility index (Phi) is 7.23. The average molecular weight is 497 g/mol. The van der Waals surface area contributed by atoms with Gasteiger partial charge in [-0.15, -0.1) is 10.2 Å². The number of unbranched alkanes of at least 4 members (excludes halogenated alkanes) is 1. The molecular formula is C30H32N4OS. The fraction of sp³-hybridized carbons (Fsp3) is 0.300. The summed E-state index contributed by atoms with van der Waals surface area (Å²) in [4.78, 5) is 15.3. The van der Waals surface area contributed by atoms with Crippen LogP contribution in [-0.2, 0) is 17.6 Å². The van der Waals surface area contributed by atoms with E-state index in [4.69, 9.17) is 0 Å². The van der Waals surface area contributed by atoms with E-state index in [1.165, 1.54) is 41.3 Å². The highest BCUT2D eigenvalue weighted by atomic mass is 32.2. The molecular weight excluding hydrogens is 464 g/mol. The highest BCUT2D eigenvalue weighted by Gasteiger charge is 2.30. The molecule has 1 atom stereocenters. The van der Waals surface area contributed by atoms with Gasteiger partial charge < -0.3 is 4.90 Å². The van der Waals surface area contributed by atoms with Crippen LogP contribution in [0.2, 0.25) is 0 Å². The van der Waals surface area contributed by atoms with Gasteiger partial charge in [0.1, 0.15) is 0 Å². The summed E-state index contributed by atoms with van der Waals surface area (Å²) in [5, 5.41) is 9.81. The normalized spacial score (nSPS) is 14.8. The first-order valence-electron chi connectivity index (χ1n) is 12.7. The molecule has 0 spiro atoms. The summed E-state index contributed by atoms with van der Waals surface area (Å²) in [5.74, 6) is 1.18. The van der Waals surface area contributed by atoms with E-state index in [2.05, 4.69) is 90.1 Å². The second-order valence-corrected chi connectivity index (χ2v) is 10.5. The molecule has 2 heterocycles. The van der Waals surface area contributed by atoms with Gasteiger partial charge in [0, 0.05) is 23.0 Å². The second kappa shape index (κ2) is 10.7. The number of carbonyl (C=O) groups is 1. The maximum absolute atomic E-state index is 13.3. The van der Waals surface area contributed by atoms with Crippen LogP contribution in [0, 0.1) is 6.92 Å². The number of thioether (sulfide) groups is 1. The Balaban J connectivity index is 1.43. The van der Waals surface area contributed by atoms with Crippen molar-refractivity contribution in [2.45, 2.75) is 57.7 Å². The van der Waals surface area contributed by atoms with Crippen molar-refractivity contribution >= 4 is 23.4 Å². The van der Waals surface area contributed by atoms with Gasteiger partial charge in [-0.25, -0.2) is 0 Å². The predicted molar refractivity (Wildman–Crippen MR) is 148 cm³/mol. The standard InChI is InChI=1S/C30H32N4OS/c1-4-5-8-23-13-17-26(18-14-23)34-29(24-15-11-21(2)12-16-24)31-32-30(34)36-20-28(35)33-22(3)19-25-9-6-7-10-27(25)33/h6-7,9-18,22H,4-5,8,19-20H2,1-3H3/t22-/m1/s1. The van der Waals surface area contributed by atoms with Crippen molar-refractivity contribution in [3.63, 3.8) is 0 Å². The van der Waals surface area contributed by atoms with Crippen LogP contribution in [0.25, 0.3) is 17.1 Å². The number of aromatic nitrogens is 3. The summed E-state index contributed by atoms with van der Waals surface area (Å²) in [6.07, 6.45) is 4.33. The van der Waals surface area contributed by atoms with E-state index >= 15 is 0 Å². The van der Waals surface area contributed by atoms with Crippen LogP contribution in [0.5, 0.6) is 0 Å². The minimum Gasteiger partial charge on any atom is -0.308 e. The van der Waals surface area contributed by atoms with Gasteiger partial charge in [-0.05, 0) is 62.4 Å². The van der Waals surface area contributed by atoms with Crippen LogP contribution in [0.3, 0.4) is 0 Å². The Bertz CT molecular complexity index is 1340. The van der Waals surface area contributed by atoms with Crippen molar-refractivity contribution in [2.24, 2.45) is 0 Å². The molecule has 1 aliphatic rings. The summed E-state index contributed by atoms with van der Waals surface area (Å²) < 4.78 is 2.08. The van der Waals surface area contributed by atoms with Gasteiger partial charge >= 0.3 is 0 Å². The average Bonchev–Trinajstić information content (AvgIpc) is 3.47. The van der Waals surface area contributed by atoms with E-state index in [9.17, 15) is 4.79 Å². The van der Waals surface area contributed by atoms with Gasteiger partial charge in [-0.1, -0.05) is 85.3 Å². The van der Waals surface area contributed by atoms with Crippen molar-refractivity contribution in [3.05, 3.63) is 89.5 Å². The lowest BCUT2D eigenvalue weighted by Crippen LogP contribution is -2.37. The maximum Gasteiger partial charge on any atom is 0.237 e. The quantitative estimate of drug-likeness (QED) is 0.256. The lowest BCUT2D eigenvalue weighted by atomic mass is 10.1. The number of rotatable bonds is 8. The zero-order chi connectivity index (χ0) is 25.1. The molecule has 0 bridgehead atoms. The topological polar surface area (TPSA) is 51.0 Å². The molecule has 0 N–H and O–H groups in total.